The first-order valence-corrected chi connectivity index (χ1v) is 8.23. The van der Waals surface area contributed by atoms with Crippen LogP contribution in [-0.2, 0) is 16.3 Å². The van der Waals surface area contributed by atoms with E-state index < -0.39 is 27.2 Å². The summed E-state index contributed by atoms with van der Waals surface area (Å²) in [6.07, 6.45) is 0.572. The first kappa shape index (κ1) is 16.8. The molecule has 0 heterocycles. The van der Waals surface area contributed by atoms with Gasteiger partial charge in [-0.1, -0.05) is 6.92 Å². The number of rotatable bonds is 8. The van der Waals surface area contributed by atoms with Crippen LogP contribution in [0.5, 0.6) is 5.75 Å². The van der Waals surface area contributed by atoms with Crippen LogP contribution in [0.2, 0.25) is 0 Å². The quantitative estimate of drug-likeness (QED) is 0.742. The van der Waals surface area contributed by atoms with Gasteiger partial charge in [-0.25, -0.2) is 17.2 Å². The Labute approximate surface area is 117 Å². The molecular weight excluding hydrogens is 288 g/mol. The summed E-state index contributed by atoms with van der Waals surface area (Å²) in [5, 5.41) is 0. The van der Waals surface area contributed by atoms with Gasteiger partial charge in [0.25, 0.3) is 0 Å². The highest BCUT2D eigenvalue weighted by atomic mass is 32.2. The third-order valence-electron chi connectivity index (χ3n) is 2.78. The minimum atomic E-state index is -3.09. The second-order valence-corrected chi connectivity index (χ2v) is 6.84. The SMILES string of the molecule is CCS(=O)(=O)CCCOc1c(F)cc(CCN)cc1F. The van der Waals surface area contributed by atoms with Gasteiger partial charge in [0.2, 0.25) is 0 Å². The van der Waals surface area contributed by atoms with Gasteiger partial charge in [0.05, 0.1) is 12.4 Å². The molecule has 0 saturated carbocycles. The Kier molecular flexibility index (Phi) is 6.35. The molecule has 1 aromatic rings. The smallest absolute Gasteiger partial charge is 0.190 e. The molecule has 0 aromatic heterocycles. The largest absolute Gasteiger partial charge is 0.488 e. The summed E-state index contributed by atoms with van der Waals surface area (Å²) in [5.41, 5.74) is 5.78. The lowest BCUT2D eigenvalue weighted by atomic mass is 10.1. The van der Waals surface area contributed by atoms with Gasteiger partial charge in [0, 0.05) is 5.75 Å². The lowest BCUT2D eigenvalue weighted by Gasteiger charge is -2.10. The van der Waals surface area contributed by atoms with Gasteiger partial charge in [-0.05, 0) is 37.1 Å². The summed E-state index contributed by atoms with van der Waals surface area (Å²) >= 11 is 0. The van der Waals surface area contributed by atoms with Crippen LogP contribution >= 0.6 is 0 Å². The molecule has 1 rings (SSSR count). The van der Waals surface area contributed by atoms with E-state index in [-0.39, 0.29) is 24.5 Å². The molecule has 20 heavy (non-hydrogen) atoms. The summed E-state index contributed by atoms with van der Waals surface area (Å²) in [4.78, 5) is 0. The fraction of sp³-hybridized carbons (Fsp3) is 0.538. The zero-order valence-electron chi connectivity index (χ0n) is 11.4. The van der Waals surface area contributed by atoms with Crippen LogP contribution in [0.4, 0.5) is 8.78 Å². The Hall–Kier alpha value is -1.21. The summed E-state index contributed by atoms with van der Waals surface area (Å²) in [6, 6.07) is 2.35. The molecule has 1 aromatic carbocycles. The summed E-state index contributed by atoms with van der Waals surface area (Å²) < 4.78 is 54.8. The molecule has 0 saturated heterocycles. The number of sulfone groups is 1. The maximum absolute atomic E-state index is 13.6. The van der Waals surface area contributed by atoms with Crippen molar-refractivity contribution < 1.29 is 21.9 Å². The zero-order valence-corrected chi connectivity index (χ0v) is 12.2. The van der Waals surface area contributed by atoms with Crippen LogP contribution in [0.15, 0.2) is 12.1 Å². The lowest BCUT2D eigenvalue weighted by Crippen LogP contribution is -2.12. The Morgan fingerprint density at radius 1 is 1.25 bits per heavy atom. The van der Waals surface area contributed by atoms with Gasteiger partial charge in [-0.15, -0.1) is 0 Å². The predicted molar refractivity (Wildman–Crippen MR) is 73.6 cm³/mol. The molecule has 0 bridgehead atoms. The number of hydrogen-bond donors (Lipinski definition) is 1. The van der Waals surface area contributed by atoms with Crippen LogP contribution in [-0.4, -0.2) is 33.1 Å². The molecule has 0 fully saturated rings. The fourth-order valence-electron chi connectivity index (χ4n) is 1.66. The molecule has 114 valence electrons. The van der Waals surface area contributed by atoms with Gasteiger partial charge in [-0.2, -0.15) is 0 Å². The minimum Gasteiger partial charge on any atom is -0.488 e. The van der Waals surface area contributed by atoms with Crippen molar-refractivity contribution in [2.75, 3.05) is 24.7 Å². The fourth-order valence-corrected chi connectivity index (χ4v) is 2.51. The zero-order chi connectivity index (χ0) is 15.2. The number of hydrogen-bond acceptors (Lipinski definition) is 4. The predicted octanol–water partition coefficient (Wildman–Crippen LogP) is 1.67. The molecule has 4 nitrogen and oxygen atoms in total. The van der Waals surface area contributed by atoms with E-state index >= 15 is 0 Å². The van der Waals surface area contributed by atoms with Crippen LogP contribution in [0.25, 0.3) is 0 Å². The lowest BCUT2D eigenvalue weighted by molar-refractivity contribution is 0.285. The van der Waals surface area contributed by atoms with E-state index in [0.29, 0.717) is 18.5 Å². The summed E-state index contributed by atoms with van der Waals surface area (Å²) in [5.74, 6) is -2.08. The van der Waals surface area contributed by atoms with E-state index in [4.69, 9.17) is 10.5 Å². The second kappa shape index (κ2) is 7.54. The van der Waals surface area contributed by atoms with Crippen molar-refractivity contribution in [2.24, 2.45) is 5.73 Å². The highest BCUT2D eigenvalue weighted by Crippen LogP contribution is 2.23. The minimum absolute atomic E-state index is 0.0451. The van der Waals surface area contributed by atoms with Gasteiger partial charge in [0.15, 0.2) is 17.4 Å². The highest BCUT2D eigenvalue weighted by molar-refractivity contribution is 7.91. The van der Waals surface area contributed by atoms with E-state index in [2.05, 4.69) is 0 Å². The molecule has 0 unspecified atom stereocenters. The van der Waals surface area contributed by atoms with E-state index in [1.807, 2.05) is 0 Å². The van der Waals surface area contributed by atoms with Crippen molar-refractivity contribution in [3.8, 4) is 5.75 Å². The van der Waals surface area contributed by atoms with Crippen molar-refractivity contribution >= 4 is 9.84 Å². The summed E-state index contributed by atoms with van der Waals surface area (Å²) in [7, 11) is -3.09. The first-order chi connectivity index (χ1) is 9.39. The number of halogens is 2. The Bertz CT molecular complexity index is 524. The van der Waals surface area contributed by atoms with Gasteiger partial charge in [-0.3, -0.25) is 0 Å². The average molecular weight is 307 g/mol. The van der Waals surface area contributed by atoms with E-state index in [0.717, 1.165) is 0 Å². The van der Waals surface area contributed by atoms with E-state index in [1.54, 1.807) is 6.92 Å². The molecule has 0 spiro atoms. The van der Waals surface area contributed by atoms with Gasteiger partial charge < -0.3 is 10.5 Å². The van der Waals surface area contributed by atoms with E-state index in [9.17, 15) is 17.2 Å². The Morgan fingerprint density at radius 3 is 2.35 bits per heavy atom. The van der Waals surface area contributed by atoms with Crippen LogP contribution in [0.3, 0.4) is 0 Å². The molecule has 0 radical (unpaired) electrons. The van der Waals surface area contributed by atoms with Crippen LogP contribution < -0.4 is 10.5 Å². The number of nitrogens with two attached hydrogens (primary N) is 1. The maximum atomic E-state index is 13.6. The van der Waals surface area contributed by atoms with Crippen molar-refractivity contribution in [2.45, 2.75) is 19.8 Å². The third kappa shape index (κ3) is 5.05. The number of ether oxygens (including phenoxy) is 1. The van der Waals surface area contributed by atoms with Gasteiger partial charge >= 0.3 is 0 Å². The first-order valence-electron chi connectivity index (χ1n) is 6.41. The molecule has 0 aliphatic carbocycles. The van der Waals surface area contributed by atoms with Gasteiger partial charge in [0.1, 0.15) is 9.84 Å². The molecule has 7 heteroatoms. The maximum Gasteiger partial charge on any atom is 0.190 e. The monoisotopic (exact) mass is 307 g/mol. The topological polar surface area (TPSA) is 69.4 Å². The van der Waals surface area contributed by atoms with Crippen LogP contribution in [0, 0.1) is 11.6 Å². The van der Waals surface area contributed by atoms with Crippen molar-refractivity contribution in [1.82, 2.24) is 0 Å². The highest BCUT2D eigenvalue weighted by Gasteiger charge is 2.13. The Balaban J connectivity index is 2.60. The van der Waals surface area contributed by atoms with Crippen molar-refractivity contribution in [3.05, 3.63) is 29.3 Å². The molecular formula is C13H19F2NO3S. The summed E-state index contributed by atoms with van der Waals surface area (Å²) in [6.45, 7) is 1.79. The molecule has 0 amide bonds. The molecule has 2 N–H and O–H groups in total. The van der Waals surface area contributed by atoms with Crippen molar-refractivity contribution in [3.63, 3.8) is 0 Å². The van der Waals surface area contributed by atoms with Crippen molar-refractivity contribution in [1.29, 1.82) is 0 Å². The van der Waals surface area contributed by atoms with Crippen LogP contribution in [0.1, 0.15) is 18.9 Å². The van der Waals surface area contributed by atoms with E-state index in [1.165, 1.54) is 12.1 Å². The molecule has 0 atom stereocenters. The third-order valence-corrected chi connectivity index (χ3v) is 4.57. The Morgan fingerprint density at radius 2 is 1.85 bits per heavy atom. The normalized spacial score (nSPS) is 11.6. The molecule has 0 aliphatic heterocycles. The number of benzene rings is 1. The molecule has 0 aliphatic rings. The standard InChI is InChI=1S/C13H19F2NO3S/c1-2-20(17,18)7-3-6-19-13-11(14)8-10(4-5-16)9-12(13)15/h8-9H,2-7,16H2,1H3. The second-order valence-electron chi connectivity index (χ2n) is 4.37. The average Bonchev–Trinajstić information content (AvgIpc) is 2.37.